The Morgan fingerprint density at radius 3 is 2.67 bits per heavy atom. The van der Waals surface area contributed by atoms with Gasteiger partial charge in [-0.1, -0.05) is 30.4 Å². The summed E-state index contributed by atoms with van der Waals surface area (Å²) in [6.45, 7) is 2.52. The van der Waals surface area contributed by atoms with Crippen LogP contribution in [0, 0.1) is 0 Å². The number of benzene rings is 1. The summed E-state index contributed by atoms with van der Waals surface area (Å²) in [6, 6.07) is 7.43. The third-order valence-electron chi connectivity index (χ3n) is 4.42. The SMILES string of the molecule is CCn1c2c(c3ccccc3c1=O)C(=O)C1=C2C=CCC1. The van der Waals surface area contributed by atoms with E-state index in [1.54, 1.807) is 4.57 Å². The first-order valence-corrected chi connectivity index (χ1v) is 7.34. The van der Waals surface area contributed by atoms with Crippen LogP contribution in [0.25, 0.3) is 16.3 Å². The number of carbonyl (C=O) groups is 1. The number of hydrogen-bond acceptors (Lipinski definition) is 2. The fourth-order valence-corrected chi connectivity index (χ4v) is 3.48. The third-order valence-corrected chi connectivity index (χ3v) is 4.42. The summed E-state index contributed by atoms with van der Waals surface area (Å²) in [5.41, 5.74) is 3.34. The number of rotatable bonds is 1. The van der Waals surface area contributed by atoms with Gasteiger partial charge < -0.3 is 4.57 Å². The Bertz CT molecular complexity index is 913. The van der Waals surface area contributed by atoms with Crippen LogP contribution in [0.4, 0.5) is 0 Å². The Morgan fingerprint density at radius 2 is 1.90 bits per heavy atom. The number of aromatic nitrogens is 1. The molecule has 3 nitrogen and oxygen atoms in total. The molecular formula is C18H15NO2. The van der Waals surface area contributed by atoms with Gasteiger partial charge in [0.25, 0.3) is 5.56 Å². The molecule has 104 valence electrons. The van der Waals surface area contributed by atoms with Gasteiger partial charge in [-0.25, -0.2) is 0 Å². The van der Waals surface area contributed by atoms with E-state index in [1.807, 2.05) is 37.3 Å². The number of Topliss-reactive ketones (excluding diaryl/α,β-unsaturated/α-hetero) is 1. The van der Waals surface area contributed by atoms with E-state index in [2.05, 4.69) is 6.08 Å². The zero-order valence-corrected chi connectivity index (χ0v) is 11.8. The van der Waals surface area contributed by atoms with E-state index in [4.69, 9.17) is 0 Å². The Hall–Kier alpha value is -2.42. The van der Waals surface area contributed by atoms with Crippen LogP contribution in [0.15, 0.2) is 46.8 Å². The molecule has 0 aliphatic heterocycles. The van der Waals surface area contributed by atoms with Crippen molar-refractivity contribution >= 4 is 22.1 Å². The molecule has 2 aliphatic rings. The largest absolute Gasteiger partial charge is 0.307 e. The molecule has 1 aromatic carbocycles. The van der Waals surface area contributed by atoms with Gasteiger partial charge in [-0.15, -0.1) is 0 Å². The quantitative estimate of drug-likeness (QED) is 0.802. The lowest BCUT2D eigenvalue weighted by molar-refractivity contribution is 0.103. The molecule has 0 spiro atoms. The molecule has 4 rings (SSSR count). The van der Waals surface area contributed by atoms with Crippen LogP contribution in [0.2, 0.25) is 0 Å². The maximum atomic E-state index is 12.8. The molecule has 0 N–H and O–H groups in total. The molecule has 0 atom stereocenters. The normalized spacial score (nSPS) is 16.5. The molecule has 1 aromatic heterocycles. The molecule has 0 amide bonds. The van der Waals surface area contributed by atoms with Crippen molar-refractivity contribution in [3.63, 3.8) is 0 Å². The van der Waals surface area contributed by atoms with Gasteiger partial charge in [0.1, 0.15) is 0 Å². The van der Waals surface area contributed by atoms with Gasteiger partial charge in [0.15, 0.2) is 5.78 Å². The second kappa shape index (κ2) is 4.29. The summed E-state index contributed by atoms with van der Waals surface area (Å²) >= 11 is 0. The first-order valence-electron chi connectivity index (χ1n) is 7.34. The maximum absolute atomic E-state index is 12.8. The van der Waals surface area contributed by atoms with Crippen molar-refractivity contribution in [3.8, 4) is 0 Å². The van der Waals surface area contributed by atoms with Gasteiger partial charge in [-0.3, -0.25) is 9.59 Å². The minimum absolute atomic E-state index is 0.00706. The lowest BCUT2D eigenvalue weighted by atomic mass is 9.98. The predicted molar refractivity (Wildman–Crippen MR) is 83.5 cm³/mol. The second-order valence-electron chi connectivity index (χ2n) is 5.48. The van der Waals surface area contributed by atoms with E-state index in [9.17, 15) is 9.59 Å². The zero-order valence-electron chi connectivity index (χ0n) is 11.8. The predicted octanol–water partition coefficient (Wildman–Crippen LogP) is 3.32. The van der Waals surface area contributed by atoms with Crippen molar-refractivity contribution in [2.45, 2.75) is 26.3 Å². The monoisotopic (exact) mass is 277 g/mol. The first-order chi connectivity index (χ1) is 10.2. The lowest BCUT2D eigenvalue weighted by Crippen LogP contribution is -2.24. The zero-order chi connectivity index (χ0) is 14.6. The first kappa shape index (κ1) is 12.3. The number of fused-ring (bicyclic) bond motifs is 4. The number of nitrogens with zero attached hydrogens (tertiary/aromatic N) is 1. The molecule has 21 heavy (non-hydrogen) atoms. The molecule has 0 radical (unpaired) electrons. The Balaban J connectivity index is 2.22. The minimum Gasteiger partial charge on any atom is -0.307 e. The number of carbonyl (C=O) groups excluding carboxylic acids is 1. The van der Waals surface area contributed by atoms with E-state index in [0.717, 1.165) is 35.1 Å². The highest BCUT2D eigenvalue weighted by molar-refractivity contribution is 6.26. The lowest BCUT2D eigenvalue weighted by Gasteiger charge is -2.14. The molecule has 0 bridgehead atoms. The van der Waals surface area contributed by atoms with Crippen LogP contribution in [0.5, 0.6) is 0 Å². The number of allylic oxidation sites excluding steroid dienone is 4. The molecular weight excluding hydrogens is 262 g/mol. The van der Waals surface area contributed by atoms with Crippen LogP contribution < -0.4 is 5.56 Å². The summed E-state index contributed by atoms with van der Waals surface area (Å²) in [6.07, 6.45) is 5.75. The van der Waals surface area contributed by atoms with Gasteiger partial charge in [0, 0.05) is 28.5 Å². The van der Waals surface area contributed by atoms with Gasteiger partial charge in [0.2, 0.25) is 0 Å². The molecule has 1 heterocycles. The topological polar surface area (TPSA) is 39.1 Å². The van der Waals surface area contributed by atoms with Crippen molar-refractivity contribution in [1.82, 2.24) is 4.57 Å². The molecule has 0 unspecified atom stereocenters. The van der Waals surface area contributed by atoms with E-state index in [1.165, 1.54) is 0 Å². The van der Waals surface area contributed by atoms with Crippen molar-refractivity contribution in [2.24, 2.45) is 0 Å². The van der Waals surface area contributed by atoms with E-state index >= 15 is 0 Å². The number of ketones is 1. The van der Waals surface area contributed by atoms with Crippen LogP contribution in [0.3, 0.4) is 0 Å². The third kappa shape index (κ3) is 1.49. The van der Waals surface area contributed by atoms with Crippen LogP contribution in [-0.4, -0.2) is 10.4 Å². The van der Waals surface area contributed by atoms with Crippen molar-refractivity contribution in [1.29, 1.82) is 0 Å². The van der Waals surface area contributed by atoms with E-state index in [-0.39, 0.29) is 11.3 Å². The van der Waals surface area contributed by atoms with Crippen LogP contribution in [-0.2, 0) is 6.54 Å². The van der Waals surface area contributed by atoms with Crippen LogP contribution >= 0.6 is 0 Å². The van der Waals surface area contributed by atoms with E-state index in [0.29, 0.717) is 17.5 Å². The standard InChI is InChI=1S/C18H15NO2/c1-2-19-16-12-8-4-5-9-13(12)17(20)15(16)11-7-3-6-10-14(11)18(19)21/h3-4,6-8,10H,2,5,9H2,1H3. The number of hydrogen-bond donors (Lipinski definition) is 0. The summed E-state index contributed by atoms with van der Waals surface area (Å²) in [5.74, 6) is 0.0998. The van der Waals surface area contributed by atoms with Crippen molar-refractivity contribution in [2.75, 3.05) is 0 Å². The highest BCUT2D eigenvalue weighted by atomic mass is 16.1. The highest BCUT2D eigenvalue weighted by Gasteiger charge is 2.33. The Kier molecular flexibility index (Phi) is 2.52. The fraction of sp³-hybridized carbons (Fsp3) is 0.222. The van der Waals surface area contributed by atoms with Gasteiger partial charge >= 0.3 is 0 Å². The Labute approximate surface area is 122 Å². The van der Waals surface area contributed by atoms with Gasteiger partial charge in [-0.2, -0.15) is 0 Å². The summed E-state index contributed by atoms with van der Waals surface area (Å²) < 4.78 is 1.74. The van der Waals surface area contributed by atoms with Gasteiger partial charge in [-0.05, 0) is 25.8 Å². The molecule has 2 aromatic rings. The summed E-state index contributed by atoms with van der Waals surface area (Å²) in [5, 5.41) is 1.42. The maximum Gasteiger partial charge on any atom is 0.258 e. The molecule has 0 saturated carbocycles. The molecule has 3 heteroatoms. The smallest absolute Gasteiger partial charge is 0.258 e. The van der Waals surface area contributed by atoms with Crippen molar-refractivity contribution in [3.05, 3.63) is 63.6 Å². The minimum atomic E-state index is -0.00706. The van der Waals surface area contributed by atoms with Crippen molar-refractivity contribution < 1.29 is 4.79 Å². The summed E-state index contributed by atoms with van der Waals surface area (Å²) in [7, 11) is 0. The fourth-order valence-electron chi connectivity index (χ4n) is 3.48. The highest BCUT2D eigenvalue weighted by Crippen LogP contribution is 2.40. The summed E-state index contributed by atoms with van der Waals surface area (Å²) in [4.78, 5) is 25.5. The second-order valence-corrected chi connectivity index (χ2v) is 5.48. The molecule has 0 saturated heterocycles. The molecule has 0 fully saturated rings. The average molecular weight is 277 g/mol. The molecule has 2 aliphatic carbocycles. The van der Waals surface area contributed by atoms with Gasteiger partial charge in [0.05, 0.1) is 11.3 Å². The average Bonchev–Trinajstić information content (AvgIpc) is 2.82. The van der Waals surface area contributed by atoms with Crippen LogP contribution in [0.1, 0.15) is 35.8 Å². The van der Waals surface area contributed by atoms with E-state index < -0.39 is 0 Å². The number of pyridine rings is 1. The Morgan fingerprint density at radius 1 is 1.14 bits per heavy atom.